The summed E-state index contributed by atoms with van der Waals surface area (Å²) in [6.45, 7) is 0.851. The molecule has 22 heavy (non-hydrogen) atoms. The van der Waals surface area contributed by atoms with Gasteiger partial charge in [-0.2, -0.15) is 0 Å². The van der Waals surface area contributed by atoms with Crippen LogP contribution < -0.4 is 0 Å². The first-order chi connectivity index (χ1) is 10.4. The van der Waals surface area contributed by atoms with E-state index in [0.29, 0.717) is 25.9 Å². The summed E-state index contributed by atoms with van der Waals surface area (Å²) >= 11 is 0. The van der Waals surface area contributed by atoms with Crippen LogP contribution in [0.1, 0.15) is 12.0 Å². The minimum atomic E-state index is -3.07. The first kappa shape index (κ1) is 15.1. The first-order valence-electron chi connectivity index (χ1n) is 7.36. The molecular formula is C16H20N2O3S. The summed E-state index contributed by atoms with van der Waals surface area (Å²) in [6, 6.07) is 7.98. The monoisotopic (exact) mass is 320 g/mol. The first-order valence-corrected chi connectivity index (χ1v) is 9.31. The van der Waals surface area contributed by atoms with Crippen molar-refractivity contribution in [1.29, 1.82) is 0 Å². The third kappa shape index (κ3) is 2.75. The van der Waals surface area contributed by atoms with Crippen molar-refractivity contribution >= 4 is 26.6 Å². The number of amides is 1. The van der Waals surface area contributed by atoms with Gasteiger partial charge in [0.2, 0.25) is 5.91 Å². The van der Waals surface area contributed by atoms with E-state index in [0.717, 1.165) is 16.5 Å². The number of hydrogen-bond donors (Lipinski definition) is 0. The van der Waals surface area contributed by atoms with Crippen molar-refractivity contribution in [2.24, 2.45) is 7.05 Å². The summed E-state index contributed by atoms with van der Waals surface area (Å²) in [6.07, 6.45) is 4.08. The average molecular weight is 320 g/mol. The van der Waals surface area contributed by atoms with Crippen LogP contribution in [0.3, 0.4) is 0 Å². The zero-order valence-corrected chi connectivity index (χ0v) is 13.6. The lowest BCUT2D eigenvalue weighted by Crippen LogP contribution is -2.32. The smallest absolute Gasteiger partial charge is 0.227 e. The number of benzene rings is 1. The molecule has 0 radical (unpaired) electrons. The highest BCUT2D eigenvalue weighted by atomic mass is 32.2. The molecule has 0 spiro atoms. The molecule has 3 rings (SSSR count). The fraction of sp³-hybridized carbons (Fsp3) is 0.438. The number of aryl methyl sites for hydroxylation is 1. The Balaban J connectivity index is 1.77. The Morgan fingerprint density at radius 3 is 2.73 bits per heavy atom. The average Bonchev–Trinajstić information content (AvgIpc) is 3.05. The Labute approximate surface area is 130 Å². The molecule has 1 saturated heterocycles. The van der Waals surface area contributed by atoms with Crippen molar-refractivity contribution in [2.75, 3.05) is 19.3 Å². The van der Waals surface area contributed by atoms with E-state index in [2.05, 4.69) is 0 Å². The van der Waals surface area contributed by atoms with Crippen LogP contribution >= 0.6 is 0 Å². The fourth-order valence-electron chi connectivity index (χ4n) is 3.15. The molecule has 1 unspecified atom stereocenters. The molecule has 1 aliphatic rings. The Morgan fingerprint density at radius 1 is 1.32 bits per heavy atom. The predicted molar refractivity (Wildman–Crippen MR) is 86.5 cm³/mol. The van der Waals surface area contributed by atoms with Crippen LogP contribution in [0.4, 0.5) is 0 Å². The van der Waals surface area contributed by atoms with Crippen molar-refractivity contribution in [3.8, 4) is 0 Å². The van der Waals surface area contributed by atoms with Gasteiger partial charge in [-0.3, -0.25) is 4.79 Å². The van der Waals surface area contributed by atoms with Gasteiger partial charge >= 0.3 is 0 Å². The van der Waals surface area contributed by atoms with Crippen LogP contribution in [0.2, 0.25) is 0 Å². The van der Waals surface area contributed by atoms with E-state index in [-0.39, 0.29) is 5.91 Å². The SMILES string of the molecule is Cn1cc(CC(=O)N2CCC(S(C)(=O)=O)C2)c2ccccc21. The van der Waals surface area contributed by atoms with E-state index in [1.165, 1.54) is 6.26 Å². The van der Waals surface area contributed by atoms with Gasteiger partial charge in [0.1, 0.15) is 0 Å². The highest BCUT2D eigenvalue weighted by Crippen LogP contribution is 2.23. The van der Waals surface area contributed by atoms with Gasteiger partial charge in [-0.25, -0.2) is 8.42 Å². The van der Waals surface area contributed by atoms with Crippen molar-refractivity contribution < 1.29 is 13.2 Å². The maximum Gasteiger partial charge on any atom is 0.227 e. The third-order valence-corrected chi connectivity index (χ3v) is 6.02. The minimum absolute atomic E-state index is 0.00232. The standard InChI is InChI=1S/C16H20N2O3S/c1-17-10-12(14-5-3-4-6-15(14)17)9-16(19)18-8-7-13(11-18)22(2,20)21/h3-6,10,13H,7-9,11H2,1-2H3. The Hall–Kier alpha value is -1.82. The van der Waals surface area contributed by atoms with E-state index < -0.39 is 15.1 Å². The normalized spacial score (nSPS) is 19.0. The molecule has 1 amide bonds. The molecule has 5 nitrogen and oxygen atoms in total. The summed E-state index contributed by atoms with van der Waals surface area (Å²) in [7, 11) is -1.11. The lowest BCUT2D eigenvalue weighted by atomic mass is 10.1. The number of para-hydroxylation sites is 1. The number of nitrogens with zero attached hydrogens (tertiary/aromatic N) is 2. The zero-order valence-electron chi connectivity index (χ0n) is 12.8. The minimum Gasteiger partial charge on any atom is -0.350 e. The maximum atomic E-state index is 12.5. The molecule has 1 aromatic carbocycles. The molecule has 2 heterocycles. The van der Waals surface area contributed by atoms with Crippen LogP contribution in [-0.2, 0) is 28.1 Å². The molecule has 0 bridgehead atoms. The molecule has 0 aliphatic carbocycles. The third-order valence-electron chi connectivity index (χ3n) is 4.42. The summed E-state index contributed by atoms with van der Waals surface area (Å²) in [5, 5.41) is 0.668. The van der Waals surface area contributed by atoms with Crippen LogP contribution in [-0.4, -0.2) is 48.4 Å². The van der Waals surface area contributed by atoms with Gasteiger partial charge in [-0.15, -0.1) is 0 Å². The van der Waals surface area contributed by atoms with Gasteiger partial charge in [0.05, 0.1) is 11.7 Å². The Morgan fingerprint density at radius 2 is 2.05 bits per heavy atom. The molecule has 2 aromatic rings. The lowest BCUT2D eigenvalue weighted by Gasteiger charge is -2.15. The van der Waals surface area contributed by atoms with Crippen molar-refractivity contribution in [3.05, 3.63) is 36.0 Å². The van der Waals surface area contributed by atoms with Crippen molar-refractivity contribution in [2.45, 2.75) is 18.1 Å². The predicted octanol–water partition coefficient (Wildman–Crippen LogP) is 1.37. The number of hydrogen-bond acceptors (Lipinski definition) is 3. The number of aromatic nitrogens is 1. The molecular weight excluding hydrogens is 300 g/mol. The topological polar surface area (TPSA) is 59.4 Å². The number of carbonyl (C=O) groups excluding carboxylic acids is 1. The summed E-state index contributed by atoms with van der Waals surface area (Å²) < 4.78 is 25.2. The highest BCUT2D eigenvalue weighted by molar-refractivity contribution is 7.91. The van der Waals surface area contributed by atoms with Gasteiger partial charge in [0.15, 0.2) is 9.84 Å². The Kier molecular flexibility index (Phi) is 3.72. The van der Waals surface area contributed by atoms with Gasteiger partial charge < -0.3 is 9.47 Å². The second kappa shape index (κ2) is 5.43. The fourth-order valence-corrected chi connectivity index (χ4v) is 4.13. The molecule has 0 saturated carbocycles. The van der Waals surface area contributed by atoms with Crippen molar-refractivity contribution in [1.82, 2.24) is 9.47 Å². The second-order valence-electron chi connectivity index (χ2n) is 6.04. The van der Waals surface area contributed by atoms with Gasteiger partial charge in [0.25, 0.3) is 0 Å². The highest BCUT2D eigenvalue weighted by Gasteiger charge is 2.32. The van der Waals surface area contributed by atoms with E-state index in [1.54, 1.807) is 4.90 Å². The van der Waals surface area contributed by atoms with Gasteiger partial charge in [-0.1, -0.05) is 18.2 Å². The molecule has 1 aliphatic heterocycles. The van der Waals surface area contributed by atoms with Crippen LogP contribution in [0.15, 0.2) is 30.5 Å². The Bertz CT molecular complexity index is 823. The summed E-state index contributed by atoms with van der Waals surface area (Å²) in [5.74, 6) is 0.00232. The molecule has 118 valence electrons. The summed E-state index contributed by atoms with van der Waals surface area (Å²) in [4.78, 5) is 14.1. The van der Waals surface area contributed by atoms with E-state index in [9.17, 15) is 13.2 Å². The molecule has 1 atom stereocenters. The quantitative estimate of drug-likeness (QED) is 0.858. The van der Waals surface area contributed by atoms with Crippen LogP contribution in [0.5, 0.6) is 0 Å². The number of likely N-dealkylation sites (tertiary alicyclic amines) is 1. The maximum absolute atomic E-state index is 12.5. The molecule has 0 N–H and O–H groups in total. The lowest BCUT2D eigenvalue weighted by molar-refractivity contribution is -0.129. The van der Waals surface area contributed by atoms with Gasteiger partial charge in [-0.05, 0) is 18.1 Å². The van der Waals surface area contributed by atoms with Gasteiger partial charge in [0, 0.05) is 43.5 Å². The zero-order chi connectivity index (χ0) is 15.9. The second-order valence-corrected chi connectivity index (χ2v) is 8.36. The molecule has 1 fully saturated rings. The molecule has 6 heteroatoms. The van der Waals surface area contributed by atoms with Crippen molar-refractivity contribution in [3.63, 3.8) is 0 Å². The largest absolute Gasteiger partial charge is 0.350 e. The number of sulfone groups is 1. The summed E-state index contributed by atoms with van der Waals surface area (Å²) in [5.41, 5.74) is 2.09. The van der Waals surface area contributed by atoms with E-state index in [1.807, 2.05) is 42.1 Å². The number of carbonyl (C=O) groups is 1. The van der Waals surface area contributed by atoms with E-state index in [4.69, 9.17) is 0 Å². The van der Waals surface area contributed by atoms with Crippen LogP contribution in [0.25, 0.3) is 10.9 Å². The van der Waals surface area contributed by atoms with Crippen LogP contribution in [0, 0.1) is 0 Å². The molecule has 1 aromatic heterocycles. The van der Waals surface area contributed by atoms with E-state index >= 15 is 0 Å². The number of fused-ring (bicyclic) bond motifs is 1. The number of rotatable bonds is 3.